The molecule has 16 heavy (non-hydrogen) atoms. The van der Waals surface area contributed by atoms with Crippen LogP contribution in [0.4, 0.5) is 13.2 Å². The molecule has 0 unspecified atom stereocenters. The average molecular weight is 295 g/mol. The van der Waals surface area contributed by atoms with Crippen molar-refractivity contribution in [1.29, 1.82) is 0 Å². The van der Waals surface area contributed by atoms with Gasteiger partial charge in [0.25, 0.3) is 0 Å². The predicted octanol–water partition coefficient (Wildman–Crippen LogP) is 3.99. The van der Waals surface area contributed by atoms with Crippen LogP contribution in [0.3, 0.4) is 0 Å². The Morgan fingerprint density at radius 1 is 1.38 bits per heavy atom. The molecule has 0 bridgehead atoms. The smallest absolute Gasteiger partial charge is 0.300 e. The number of aryl methyl sites for hydroxylation is 1. The minimum Gasteiger partial charge on any atom is -0.300 e. The monoisotopic (exact) mass is 294 g/mol. The number of rotatable bonds is 3. The summed E-state index contributed by atoms with van der Waals surface area (Å²) in [5.41, 5.74) is -0.519. The van der Waals surface area contributed by atoms with Crippen LogP contribution in [0.5, 0.6) is 0 Å². The number of ketones is 1. The van der Waals surface area contributed by atoms with Gasteiger partial charge in [0.15, 0.2) is 0 Å². The molecule has 1 rings (SSSR count). The first-order valence-electron chi connectivity index (χ1n) is 4.66. The molecule has 0 fully saturated rings. The largest absolute Gasteiger partial charge is 0.416 e. The molecule has 0 aromatic heterocycles. The Labute approximate surface area is 99.8 Å². The van der Waals surface area contributed by atoms with Crippen molar-refractivity contribution < 1.29 is 18.0 Å². The molecule has 0 N–H and O–H groups in total. The molecule has 0 aliphatic heterocycles. The lowest BCUT2D eigenvalue weighted by atomic mass is 10.0. The van der Waals surface area contributed by atoms with Crippen LogP contribution in [-0.4, -0.2) is 5.78 Å². The lowest BCUT2D eigenvalue weighted by Gasteiger charge is -2.12. The van der Waals surface area contributed by atoms with Crippen LogP contribution in [0.15, 0.2) is 22.7 Å². The van der Waals surface area contributed by atoms with E-state index < -0.39 is 11.7 Å². The van der Waals surface area contributed by atoms with Gasteiger partial charge in [-0.3, -0.25) is 0 Å². The van der Waals surface area contributed by atoms with E-state index in [-0.39, 0.29) is 24.2 Å². The third-order valence-electron chi connectivity index (χ3n) is 2.12. The standard InChI is InChI=1S/C11H10BrF3O/c1-7(16)2-3-8-4-5-9(12)6-10(8)11(13,14)15/h4-6H,2-3H2,1H3. The Morgan fingerprint density at radius 3 is 2.50 bits per heavy atom. The van der Waals surface area contributed by atoms with Crippen molar-refractivity contribution in [2.45, 2.75) is 25.9 Å². The number of carbonyl (C=O) groups excluding carboxylic acids is 1. The highest BCUT2D eigenvalue weighted by Crippen LogP contribution is 2.34. The Kier molecular flexibility index (Phi) is 4.13. The Bertz CT molecular complexity index is 399. The van der Waals surface area contributed by atoms with Crippen molar-refractivity contribution >= 4 is 21.7 Å². The summed E-state index contributed by atoms with van der Waals surface area (Å²) in [6.45, 7) is 1.37. The van der Waals surface area contributed by atoms with Crippen LogP contribution in [0, 0.1) is 0 Å². The molecule has 0 saturated carbocycles. The van der Waals surface area contributed by atoms with Gasteiger partial charge < -0.3 is 4.79 Å². The minimum absolute atomic E-state index is 0.115. The van der Waals surface area contributed by atoms with Gasteiger partial charge in [-0.15, -0.1) is 0 Å². The summed E-state index contributed by atoms with van der Waals surface area (Å²) in [7, 11) is 0. The maximum Gasteiger partial charge on any atom is 0.416 e. The van der Waals surface area contributed by atoms with Gasteiger partial charge in [-0.25, -0.2) is 0 Å². The summed E-state index contributed by atoms with van der Waals surface area (Å²) in [5.74, 6) is -0.115. The summed E-state index contributed by atoms with van der Waals surface area (Å²) in [5, 5.41) is 0. The van der Waals surface area contributed by atoms with E-state index in [1.165, 1.54) is 13.0 Å². The molecule has 0 atom stereocenters. The number of benzene rings is 1. The van der Waals surface area contributed by atoms with E-state index in [9.17, 15) is 18.0 Å². The lowest BCUT2D eigenvalue weighted by Crippen LogP contribution is -2.10. The highest BCUT2D eigenvalue weighted by Gasteiger charge is 2.33. The zero-order valence-electron chi connectivity index (χ0n) is 8.57. The number of halogens is 4. The lowest BCUT2D eigenvalue weighted by molar-refractivity contribution is -0.138. The van der Waals surface area contributed by atoms with Gasteiger partial charge in [-0.2, -0.15) is 13.2 Å². The van der Waals surface area contributed by atoms with E-state index in [4.69, 9.17) is 0 Å². The van der Waals surface area contributed by atoms with Gasteiger partial charge in [-0.1, -0.05) is 22.0 Å². The van der Waals surface area contributed by atoms with Gasteiger partial charge >= 0.3 is 6.18 Å². The summed E-state index contributed by atoms with van der Waals surface area (Å²) in [6, 6.07) is 3.98. The first-order chi connectivity index (χ1) is 7.30. The molecule has 0 saturated heterocycles. The molecular formula is C11H10BrF3O. The molecule has 1 aromatic carbocycles. The fraction of sp³-hybridized carbons (Fsp3) is 0.364. The first-order valence-corrected chi connectivity index (χ1v) is 5.45. The molecule has 0 aliphatic rings. The fourth-order valence-electron chi connectivity index (χ4n) is 1.34. The van der Waals surface area contributed by atoms with Gasteiger partial charge in [-0.05, 0) is 31.0 Å². The molecule has 0 aliphatic carbocycles. The highest BCUT2D eigenvalue weighted by atomic mass is 79.9. The van der Waals surface area contributed by atoms with Crippen molar-refractivity contribution in [3.05, 3.63) is 33.8 Å². The molecule has 1 nitrogen and oxygen atoms in total. The molecule has 0 spiro atoms. The van der Waals surface area contributed by atoms with Crippen molar-refractivity contribution in [2.75, 3.05) is 0 Å². The summed E-state index contributed by atoms with van der Waals surface area (Å²) in [4.78, 5) is 10.8. The second kappa shape index (κ2) is 4.99. The fourth-order valence-corrected chi connectivity index (χ4v) is 1.70. The normalized spacial score (nSPS) is 11.6. The third-order valence-corrected chi connectivity index (χ3v) is 2.62. The molecule has 0 heterocycles. The van der Waals surface area contributed by atoms with Crippen molar-refractivity contribution in [3.63, 3.8) is 0 Å². The Morgan fingerprint density at radius 2 is 2.00 bits per heavy atom. The molecule has 88 valence electrons. The van der Waals surface area contributed by atoms with E-state index in [1.807, 2.05) is 0 Å². The molecule has 5 heteroatoms. The Balaban J connectivity index is 3.03. The van der Waals surface area contributed by atoms with E-state index in [2.05, 4.69) is 15.9 Å². The molecule has 0 amide bonds. The topological polar surface area (TPSA) is 17.1 Å². The van der Waals surface area contributed by atoms with Crippen LogP contribution in [0.25, 0.3) is 0 Å². The predicted molar refractivity (Wildman–Crippen MR) is 58.1 cm³/mol. The summed E-state index contributed by atoms with van der Waals surface area (Å²) in [6.07, 6.45) is -4.13. The minimum atomic E-state index is -4.38. The van der Waals surface area contributed by atoms with Crippen LogP contribution in [0.2, 0.25) is 0 Å². The number of alkyl halides is 3. The van der Waals surface area contributed by atoms with Crippen molar-refractivity contribution in [1.82, 2.24) is 0 Å². The van der Waals surface area contributed by atoms with Crippen LogP contribution >= 0.6 is 15.9 Å². The Hall–Kier alpha value is -0.840. The van der Waals surface area contributed by atoms with Gasteiger partial charge in [0.05, 0.1) is 5.56 Å². The number of carbonyl (C=O) groups is 1. The number of hydrogen-bond donors (Lipinski definition) is 0. The first kappa shape index (κ1) is 13.2. The van der Waals surface area contributed by atoms with Gasteiger partial charge in [0, 0.05) is 10.9 Å². The van der Waals surface area contributed by atoms with Gasteiger partial charge in [0.2, 0.25) is 0 Å². The van der Waals surface area contributed by atoms with E-state index in [0.717, 1.165) is 6.07 Å². The number of hydrogen-bond acceptors (Lipinski definition) is 1. The quantitative estimate of drug-likeness (QED) is 0.824. The maximum atomic E-state index is 12.6. The summed E-state index contributed by atoms with van der Waals surface area (Å²) < 4.78 is 38.3. The van der Waals surface area contributed by atoms with Crippen LogP contribution < -0.4 is 0 Å². The van der Waals surface area contributed by atoms with Crippen LogP contribution in [0.1, 0.15) is 24.5 Å². The van der Waals surface area contributed by atoms with Crippen molar-refractivity contribution in [3.8, 4) is 0 Å². The maximum absolute atomic E-state index is 12.6. The molecule has 1 aromatic rings. The van der Waals surface area contributed by atoms with Gasteiger partial charge in [0.1, 0.15) is 5.78 Å². The zero-order chi connectivity index (χ0) is 12.3. The molecule has 0 radical (unpaired) electrons. The molecular weight excluding hydrogens is 285 g/mol. The van der Waals surface area contributed by atoms with E-state index in [1.54, 1.807) is 6.07 Å². The SMILES string of the molecule is CC(=O)CCc1ccc(Br)cc1C(F)(F)F. The van der Waals surface area contributed by atoms with Crippen molar-refractivity contribution in [2.24, 2.45) is 0 Å². The van der Waals surface area contributed by atoms with E-state index >= 15 is 0 Å². The highest BCUT2D eigenvalue weighted by molar-refractivity contribution is 9.10. The van der Waals surface area contributed by atoms with E-state index in [0.29, 0.717) is 4.47 Å². The third kappa shape index (κ3) is 3.63. The second-order valence-corrected chi connectivity index (χ2v) is 4.42. The average Bonchev–Trinajstić information content (AvgIpc) is 2.14. The second-order valence-electron chi connectivity index (χ2n) is 3.50. The summed E-state index contributed by atoms with van der Waals surface area (Å²) >= 11 is 3.00. The van der Waals surface area contributed by atoms with Crippen LogP contribution in [-0.2, 0) is 17.4 Å². The number of Topliss-reactive ketones (excluding diaryl/α,β-unsaturated/α-hetero) is 1. The zero-order valence-corrected chi connectivity index (χ0v) is 10.2.